The monoisotopic (exact) mass is 272 g/mol. The first-order valence-corrected chi connectivity index (χ1v) is 7.06. The minimum atomic E-state index is -3.85. The van der Waals surface area contributed by atoms with Crippen molar-refractivity contribution in [1.82, 2.24) is 0 Å². The minimum Gasteiger partial charge on any atom is -0.258 e. The molecule has 0 radical (unpaired) electrons. The van der Waals surface area contributed by atoms with Crippen LogP contribution in [0.15, 0.2) is 23.1 Å². The van der Waals surface area contributed by atoms with Gasteiger partial charge in [0.15, 0.2) is 0 Å². The maximum absolute atomic E-state index is 11.4. The van der Waals surface area contributed by atoms with Gasteiger partial charge in [-0.2, -0.15) is 0 Å². The molecule has 18 heavy (non-hydrogen) atoms. The highest BCUT2D eigenvalue weighted by molar-refractivity contribution is 7.89. The van der Waals surface area contributed by atoms with E-state index in [0.29, 0.717) is 17.9 Å². The fourth-order valence-corrected chi connectivity index (χ4v) is 2.38. The summed E-state index contributed by atoms with van der Waals surface area (Å²) in [5.74, 6) is 0.373. The molecule has 7 heteroatoms. The molecule has 6 nitrogen and oxygen atoms in total. The van der Waals surface area contributed by atoms with Gasteiger partial charge in [-0.25, -0.2) is 13.6 Å². The van der Waals surface area contributed by atoms with Crippen LogP contribution in [-0.2, 0) is 16.4 Å². The summed E-state index contributed by atoms with van der Waals surface area (Å²) in [6.45, 7) is 3.99. The van der Waals surface area contributed by atoms with Crippen molar-refractivity contribution < 1.29 is 13.3 Å². The molecule has 0 aliphatic heterocycles. The highest BCUT2D eigenvalue weighted by Crippen LogP contribution is 2.23. The lowest BCUT2D eigenvalue weighted by molar-refractivity contribution is -0.385. The summed E-state index contributed by atoms with van der Waals surface area (Å²) in [4.78, 5) is 10.1. The molecule has 0 bridgehead atoms. The SMILES string of the molecule is CC(C)CCc1cc([N+](=O)[O-])ccc1S(N)(=O)=O. The number of rotatable bonds is 5. The molecule has 1 aromatic rings. The number of hydrogen-bond acceptors (Lipinski definition) is 4. The van der Waals surface area contributed by atoms with Crippen LogP contribution in [0.4, 0.5) is 5.69 Å². The van der Waals surface area contributed by atoms with Gasteiger partial charge in [0, 0.05) is 12.1 Å². The Bertz CT molecular complexity index is 552. The molecule has 0 atom stereocenters. The highest BCUT2D eigenvalue weighted by Gasteiger charge is 2.17. The van der Waals surface area contributed by atoms with E-state index in [-0.39, 0.29) is 10.6 Å². The van der Waals surface area contributed by atoms with Gasteiger partial charge < -0.3 is 0 Å². The zero-order valence-corrected chi connectivity index (χ0v) is 11.1. The van der Waals surface area contributed by atoms with Crippen LogP contribution in [0.1, 0.15) is 25.8 Å². The van der Waals surface area contributed by atoms with E-state index in [4.69, 9.17) is 5.14 Å². The van der Waals surface area contributed by atoms with Crippen LogP contribution in [0.3, 0.4) is 0 Å². The number of nitro groups is 1. The molecule has 0 aromatic heterocycles. The number of non-ortho nitro benzene ring substituents is 1. The fourth-order valence-electron chi connectivity index (χ4n) is 1.60. The molecule has 0 saturated heterocycles. The summed E-state index contributed by atoms with van der Waals surface area (Å²) in [5.41, 5.74) is 0.279. The third-order valence-electron chi connectivity index (χ3n) is 2.55. The first-order chi connectivity index (χ1) is 8.21. The number of sulfonamides is 1. The molecule has 0 amide bonds. The van der Waals surface area contributed by atoms with E-state index in [1.807, 2.05) is 13.8 Å². The van der Waals surface area contributed by atoms with Gasteiger partial charge >= 0.3 is 0 Å². The normalized spacial score (nSPS) is 11.8. The quantitative estimate of drug-likeness (QED) is 0.652. The maximum atomic E-state index is 11.4. The number of primary sulfonamides is 1. The second kappa shape index (κ2) is 5.45. The van der Waals surface area contributed by atoms with E-state index < -0.39 is 14.9 Å². The third kappa shape index (κ3) is 3.78. The van der Waals surface area contributed by atoms with Crippen LogP contribution < -0.4 is 5.14 Å². The van der Waals surface area contributed by atoms with Gasteiger partial charge in [-0.05, 0) is 30.4 Å². The average molecular weight is 272 g/mol. The van der Waals surface area contributed by atoms with E-state index in [1.54, 1.807) is 0 Å². The van der Waals surface area contributed by atoms with Crippen molar-refractivity contribution in [3.05, 3.63) is 33.9 Å². The fraction of sp³-hybridized carbons (Fsp3) is 0.455. The smallest absolute Gasteiger partial charge is 0.258 e. The standard InChI is InChI=1S/C11H16N2O4S/c1-8(2)3-4-9-7-10(13(14)15)5-6-11(9)18(12,16)17/h5-8H,3-4H2,1-2H3,(H2,12,16,17). The second-order valence-corrected chi connectivity index (χ2v) is 6.06. The molecule has 0 unspecified atom stereocenters. The van der Waals surface area contributed by atoms with Crippen LogP contribution in [0.25, 0.3) is 0 Å². The van der Waals surface area contributed by atoms with E-state index in [2.05, 4.69) is 0 Å². The molecule has 1 aromatic carbocycles. The molecular formula is C11H16N2O4S. The van der Waals surface area contributed by atoms with E-state index in [1.165, 1.54) is 12.1 Å². The Balaban J connectivity index is 3.23. The number of aryl methyl sites for hydroxylation is 1. The molecule has 0 heterocycles. The Kier molecular flexibility index (Phi) is 4.42. The zero-order chi connectivity index (χ0) is 13.9. The van der Waals surface area contributed by atoms with Crippen LogP contribution in [0.2, 0.25) is 0 Å². The lowest BCUT2D eigenvalue weighted by Gasteiger charge is -2.09. The predicted molar refractivity (Wildman–Crippen MR) is 67.6 cm³/mol. The van der Waals surface area contributed by atoms with E-state index in [9.17, 15) is 18.5 Å². The molecule has 0 spiro atoms. The van der Waals surface area contributed by atoms with Crippen molar-refractivity contribution in [3.63, 3.8) is 0 Å². The molecule has 1 rings (SSSR count). The third-order valence-corrected chi connectivity index (χ3v) is 3.56. The van der Waals surface area contributed by atoms with Crippen molar-refractivity contribution in [2.75, 3.05) is 0 Å². The predicted octanol–water partition coefficient (Wildman–Crippen LogP) is 1.83. The molecule has 2 N–H and O–H groups in total. The Hall–Kier alpha value is -1.47. The van der Waals surface area contributed by atoms with Crippen LogP contribution >= 0.6 is 0 Å². The number of nitrogens with zero attached hydrogens (tertiary/aromatic N) is 1. The number of nitrogens with two attached hydrogens (primary N) is 1. The largest absolute Gasteiger partial charge is 0.269 e. The lowest BCUT2D eigenvalue weighted by Crippen LogP contribution is -2.15. The van der Waals surface area contributed by atoms with Crippen molar-refractivity contribution in [2.45, 2.75) is 31.6 Å². The highest BCUT2D eigenvalue weighted by atomic mass is 32.2. The molecular weight excluding hydrogens is 256 g/mol. The van der Waals surface area contributed by atoms with Crippen molar-refractivity contribution in [2.24, 2.45) is 11.1 Å². The van der Waals surface area contributed by atoms with Gasteiger partial charge in [-0.3, -0.25) is 10.1 Å². The molecule has 100 valence electrons. The van der Waals surface area contributed by atoms with Crippen molar-refractivity contribution in [1.29, 1.82) is 0 Å². The molecule has 0 aliphatic carbocycles. The number of nitro benzene ring substituents is 1. The van der Waals surface area contributed by atoms with Crippen molar-refractivity contribution in [3.8, 4) is 0 Å². The molecule has 0 fully saturated rings. The lowest BCUT2D eigenvalue weighted by atomic mass is 10.0. The Morgan fingerprint density at radius 2 is 2.00 bits per heavy atom. The van der Waals surface area contributed by atoms with Crippen LogP contribution in [0, 0.1) is 16.0 Å². The summed E-state index contributed by atoms with van der Waals surface area (Å²) in [5, 5.41) is 15.8. The van der Waals surface area contributed by atoms with Gasteiger partial charge in [0.1, 0.15) is 0 Å². The van der Waals surface area contributed by atoms with Crippen molar-refractivity contribution >= 4 is 15.7 Å². The van der Waals surface area contributed by atoms with Gasteiger partial charge in [0.2, 0.25) is 10.0 Å². The number of benzene rings is 1. The first-order valence-electron chi connectivity index (χ1n) is 5.52. The van der Waals surface area contributed by atoms with E-state index >= 15 is 0 Å². The van der Waals surface area contributed by atoms with Gasteiger partial charge in [0.05, 0.1) is 9.82 Å². The summed E-state index contributed by atoms with van der Waals surface area (Å²) in [7, 11) is -3.85. The minimum absolute atomic E-state index is 0.0336. The van der Waals surface area contributed by atoms with Gasteiger partial charge in [0.25, 0.3) is 5.69 Å². The topological polar surface area (TPSA) is 103 Å². The summed E-state index contributed by atoms with van der Waals surface area (Å²) in [6, 6.07) is 3.63. The average Bonchev–Trinajstić information content (AvgIpc) is 2.24. The molecule has 0 aliphatic rings. The Labute approximate surface area is 106 Å². The maximum Gasteiger partial charge on any atom is 0.269 e. The zero-order valence-electron chi connectivity index (χ0n) is 10.3. The summed E-state index contributed by atoms with van der Waals surface area (Å²) >= 11 is 0. The summed E-state index contributed by atoms with van der Waals surface area (Å²) < 4.78 is 22.8. The van der Waals surface area contributed by atoms with Gasteiger partial charge in [-0.1, -0.05) is 13.8 Å². The molecule has 0 saturated carbocycles. The van der Waals surface area contributed by atoms with Crippen LogP contribution in [-0.4, -0.2) is 13.3 Å². The summed E-state index contributed by atoms with van der Waals surface area (Å²) in [6.07, 6.45) is 1.19. The first kappa shape index (κ1) is 14.6. The Morgan fingerprint density at radius 1 is 1.39 bits per heavy atom. The Morgan fingerprint density at radius 3 is 2.44 bits per heavy atom. The number of hydrogen-bond donors (Lipinski definition) is 1. The second-order valence-electron chi connectivity index (χ2n) is 4.53. The van der Waals surface area contributed by atoms with E-state index in [0.717, 1.165) is 12.5 Å². The van der Waals surface area contributed by atoms with Gasteiger partial charge in [-0.15, -0.1) is 0 Å². The van der Waals surface area contributed by atoms with Crippen LogP contribution in [0.5, 0.6) is 0 Å².